The van der Waals surface area contributed by atoms with Gasteiger partial charge in [0.2, 0.25) is 0 Å². The van der Waals surface area contributed by atoms with E-state index in [4.69, 9.17) is 15.7 Å². The maximum Gasteiger partial charge on any atom is 0.185 e. The predicted octanol–water partition coefficient (Wildman–Crippen LogP) is 2.41. The van der Waals surface area contributed by atoms with Gasteiger partial charge in [-0.2, -0.15) is 10.4 Å². The van der Waals surface area contributed by atoms with E-state index in [-0.39, 0.29) is 0 Å². The number of anilines is 1. The lowest BCUT2D eigenvalue weighted by Gasteiger charge is -2.08. The monoisotopic (exact) mass is 269 g/mol. The maximum absolute atomic E-state index is 8.93. The number of nitrogens with two attached hydrogens (primary N) is 1. The van der Waals surface area contributed by atoms with Gasteiger partial charge in [-0.05, 0) is 19.1 Å². The predicted molar refractivity (Wildman–Crippen MR) is 77.1 cm³/mol. The number of para-hydroxylation sites is 2. The number of benzene rings is 1. The zero-order valence-electron chi connectivity index (χ0n) is 11.4. The molecule has 102 valence electrons. The van der Waals surface area contributed by atoms with Crippen molar-refractivity contribution in [2.45, 2.75) is 13.8 Å². The second kappa shape index (κ2) is 5.89. The molecule has 2 aromatic rings. The molecule has 0 fully saturated rings. The second-order valence-corrected chi connectivity index (χ2v) is 4.02. The number of nitrogen functional groups attached to an aromatic ring is 1. The molecule has 0 amide bonds. The summed E-state index contributed by atoms with van der Waals surface area (Å²) < 4.78 is 6.83. The number of rotatable bonds is 3. The number of ether oxygens (including phenoxy) is 1. The molecule has 1 aromatic carbocycles. The maximum atomic E-state index is 8.93. The van der Waals surface area contributed by atoms with Gasteiger partial charge in [0.05, 0.1) is 24.2 Å². The number of hydrogen-bond acceptors (Lipinski definition) is 5. The van der Waals surface area contributed by atoms with Crippen LogP contribution in [0, 0.1) is 11.3 Å². The Morgan fingerprint density at radius 2 is 2.25 bits per heavy atom. The lowest BCUT2D eigenvalue weighted by atomic mass is 10.2. The number of nitriles is 1. The minimum atomic E-state index is 0.296. The fourth-order valence-corrected chi connectivity index (χ4v) is 1.78. The number of hydrogen-bond donors (Lipinski definition) is 1. The molecule has 0 saturated carbocycles. The molecule has 0 bridgehead atoms. The van der Waals surface area contributed by atoms with Crippen molar-refractivity contribution >= 4 is 17.4 Å². The minimum Gasteiger partial charge on any atom is -0.481 e. The van der Waals surface area contributed by atoms with Gasteiger partial charge in [-0.15, -0.1) is 0 Å². The van der Waals surface area contributed by atoms with Crippen molar-refractivity contribution in [3.8, 4) is 11.8 Å². The first-order valence-electron chi connectivity index (χ1n) is 6.18. The third kappa shape index (κ3) is 2.62. The van der Waals surface area contributed by atoms with Gasteiger partial charge in [0.1, 0.15) is 17.5 Å². The highest BCUT2D eigenvalue weighted by Crippen LogP contribution is 2.26. The van der Waals surface area contributed by atoms with Crippen LogP contribution >= 0.6 is 0 Å². The van der Waals surface area contributed by atoms with Crippen molar-refractivity contribution in [2.24, 2.45) is 4.99 Å². The minimum absolute atomic E-state index is 0.296. The molecule has 6 heteroatoms. The largest absolute Gasteiger partial charge is 0.481 e. The first kappa shape index (κ1) is 13.6. The molecule has 0 aliphatic rings. The Morgan fingerprint density at radius 3 is 2.90 bits per heavy atom. The standard InChI is InChI=1S/C14H15N5O/c1-3-20-10(2)18-12-6-4-5-7-13(12)19-14(16)11(8-15)9-17-19/h4-7,9H,3,16H2,1-2H3. The molecule has 0 unspecified atom stereocenters. The summed E-state index contributed by atoms with van der Waals surface area (Å²) in [5.74, 6) is 0.857. The normalized spacial score (nSPS) is 11.2. The van der Waals surface area contributed by atoms with Gasteiger partial charge in [-0.25, -0.2) is 9.67 Å². The molecule has 0 spiro atoms. The summed E-state index contributed by atoms with van der Waals surface area (Å²) in [7, 11) is 0. The van der Waals surface area contributed by atoms with Gasteiger partial charge in [0.25, 0.3) is 0 Å². The summed E-state index contributed by atoms with van der Waals surface area (Å²) in [4.78, 5) is 4.40. The number of aromatic nitrogens is 2. The lowest BCUT2D eigenvalue weighted by Crippen LogP contribution is -2.04. The Bertz CT molecular complexity index is 681. The van der Waals surface area contributed by atoms with Crippen LogP contribution in [0.1, 0.15) is 19.4 Å². The molecule has 0 saturated heterocycles. The molecule has 0 radical (unpaired) electrons. The van der Waals surface area contributed by atoms with Gasteiger partial charge in [-0.1, -0.05) is 12.1 Å². The van der Waals surface area contributed by atoms with Crippen molar-refractivity contribution < 1.29 is 4.74 Å². The molecule has 0 aliphatic carbocycles. The van der Waals surface area contributed by atoms with Gasteiger partial charge < -0.3 is 10.5 Å². The van der Waals surface area contributed by atoms with Gasteiger partial charge in [0, 0.05) is 6.92 Å². The van der Waals surface area contributed by atoms with E-state index in [1.165, 1.54) is 10.9 Å². The van der Waals surface area contributed by atoms with E-state index in [1.54, 1.807) is 6.92 Å². The molecule has 0 aliphatic heterocycles. The lowest BCUT2D eigenvalue weighted by molar-refractivity contribution is 0.325. The molecule has 0 atom stereocenters. The molecule has 2 rings (SSSR count). The van der Waals surface area contributed by atoms with Crippen LogP contribution in [-0.4, -0.2) is 22.3 Å². The third-order valence-corrected chi connectivity index (χ3v) is 2.67. The van der Waals surface area contributed by atoms with Crippen LogP contribution in [0.4, 0.5) is 11.5 Å². The summed E-state index contributed by atoms with van der Waals surface area (Å²) >= 11 is 0. The highest BCUT2D eigenvalue weighted by Gasteiger charge is 2.11. The van der Waals surface area contributed by atoms with E-state index in [1.807, 2.05) is 37.3 Å². The Hall–Kier alpha value is -2.81. The van der Waals surface area contributed by atoms with E-state index >= 15 is 0 Å². The third-order valence-electron chi connectivity index (χ3n) is 2.67. The van der Waals surface area contributed by atoms with Crippen LogP contribution in [0.25, 0.3) is 5.69 Å². The van der Waals surface area contributed by atoms with Crippen molar-refractivity contribution in [2.75, 3.05) is 12.3 Å². The van der Waals surface area contributed by atoms with Gasteiger partial charge >= 0.3 is 0 Å². The van der Waals surface area contributed by atoms with Crippen LogP contribution in [0.2, 0.25) is 0 Å². The zero-order chi connectivity index (χ0) is 14.5. The Balaban J connectivity index is 2.50. The smallest absolute Gasteiger partial charge is 0.185 e. The molecule has 20 heavy (non-hydrogen) atoms. The van der Waals surface area contributed by atoms with E-state index in [0.29, 0.717) is 35.3 Å². The number of nitrogens with zero attached hydrogens (tertiary/aromatic N) is 4. The fraction of sp³-hybridized carbons (Fsp3) is 0.214. The first-order chi connectivity index (χ1) is 9.67. The van der Waals surface area contributed by atoms with Crippen LogP contribution < -0.4 is 5.73 Å². The Labute approximate surface area is 117 Å². The van der Waals surface area contributed by atoms with Crippen molar-refractivity contribution in [3.63, 3.8) is 0 Å². The van der Waals surface area contributed by atoms with Crippen molar-refractivity contribution in [1.82, 2.24) is 9.78 Å². The molecule has 1 aromatic heterocycles. The topological polar surface area (TPSA) is 89.2 Å². The van der Waals surface area contributed by atoms with Crippen LogP contribution in [-0.2, 0) is 4.74 Å². The summed E-state index contributed by atoms with van der Waals surface area (Å²) in [6.45, 7) is 4.24. The first-order valence-corrected chi connectivity index (χ1v) is 6.18. The highest BCUT2D eigenvalue weighted by atomic mass is 16.5. The molecule has 2 N–H and O–H groups in total. The average molecular weight is 269 g/mol. The SMILES string of the molecule is CCOC(C)=Nc1ccccc1-n1ncc(C#N)c1N. The number of aliphatic imine (C=N–C) groups is 1. The summed E-state index contributed by atoms with van der Waals surface area (Å²) in [5.41, 5.74) is 7.62. The molecular formula is C14H15N5O. The van der Waals surface area contributed by atoms with Gasteiger partial charge in [0.15, 0.2) is 5.90 Å². The van der Waals surface area contributed by atoms with Crippen molar-refractivity contribution in [3.05, 3.63) is 36.0 Å². The second-order valence-electron chi connectivity index (χ2n) is 4.02. The Kier molecular flexibility index (Phi) is 4.01. The van der Waals surface area contributed by atoms with Gasteiger partial charge in [-0.3, -0.25) is 0 Å². The fourth-order valence-electron chi connectivity index (χ4n) is 1.78. The van der Waals surface area contributed by atoms with E-state index in [0.717, 1.165) is 0 Å². The average Bonchev–Trinajstić information content (AvgIpc) is 2.80. The van der Waals surface area contributed by atoms with Crippen LogP contribution in [0.3, 0.4) is 0 Å². The Morgan fingerprint density at radius 1 is 1.50 bits per heavy atom. The zero-order valence-corrected chi connectivity index (χ0v) is 11.4. The molecule has 1 heterocycles. The quantitative estimate of drug-likeness (QED) is 0.684. The van der Waals surface area contributed by atoms with Crippen LogP contribution in [0.5, 0.6) is 0 Å². The van der Waals surface area contributed by atoms with Crippen molar-refractivity contribution in [1.29, 1.82) is 5.26 Å². The summed E-state index contributed by atoms with van der Waals surface area (Å²) in [6, 6.07) is 9.40. The summed E-state index contributed by atoms with van der Waals surface area (Å²) in [6.07, 6.45) is 1.44. The van der Waals surface area contributed by atoms with E-state index in [9.17, 15) is 0 Å². The summed E-state index contributed by atoms with van der Waals surface area (Å²) in [5, 5.41) is 13.1. The van der Waals surface area contributed by atoms with E-state index in [2.05, 4.69) is 10.1 Å². The highest BCUT2D eigenvalue weighted by molar-refractivity contribution is 5.79. The molecular weight excluding hydrogens is 254 g/mol. The van der Waals surface area contributed by atoms with E-state index < -0.39 is 0 Å². The molecule has 6 nitrogen and oxygen atoms in total. The van der Waals surface area contributed by atoms with Crippen LogP contribution in [0.15, 0.2) is 35.5 Å².